The molecule has 1 aromatic rings. The average Bonchev–Trinajstić information content (AvgIpc) is 2.27. The first-order valence-corrected chi connectivity index (χ1v) is 5.75. The normalized spacial score (nSPS) is 12.4. The van der Waals surface area contributed by atoms with Gasteiger partial charge in [-0.1, -0.05) is 25.5 Å². The monoisotopic (exact) mass is 220 g/mol. The van der Waals surface area contributed by atoms with Gasteiger partial charge in [0.25, 0.3) is 0 Å². The van der Waals surface area contributed by atoms with Gasteiger partial charge >= 0.3 is 0 Å². The minimum Gasteiger partial charge on any atom is -0.366 e. The van der Waals surface area contributed by atoms with E-state index in [4.69, 9.17) is 5.73 Å². The molecule has 88 valence electrons. The number of nitrogens with two attached hydrogens (primary N) is 1. The molecule has 3 N–H and O–H groups in total. The second kappa shape index (κ2) is 6.28. The van der Waals surface area contributed by atoms with Crippen LogP contribution in [0.4, 0.5) is 0 Å². The smallest absolute Gasteiger partial charge is 0.248 e. The van der Waals surface area contributed by atoms with Crippen molar-refractivity contribution < 1.29 is 4.79 Å². The number of primary amides is 1. The van der Waals surface area contributed by atoms with Crippen molar-refractivity contribution in [1.82, 2.24) is 5.32 Å². The first kappa shape index (κ1) is 12.7. The minimum absolute atomic E-state index is 0.372. The SMILES string of the molecule is CCCC(C)NCc1cccc(C(N)=O)c1. The Labute approximate surface area is 97.0 Å². The van der Waals surface area contributed by atoms with Gasteiger partial charge in [0, 0.05) is 18.2 Å². The van der Waals surface area contributed by atoms with Crippen LogP contribution < -0.4 is 11.1 Å². The largest absolute Gasteiger partial charge is 0.366 e. The Balaban J connectivity index is 2.54. The summed E-state index contributed by atoms with van der Waals surface area (Å²) >= 11 is 0. The molecule has 0 heterocycles. The van der Waals surface area contributed by atoms with E-state index >= 15 is 0 Å². The van der Waals surface area contributed by atoms with Crippen LogP contribution in [0.5, 0.6) is 0 Å². The molecule has 3 heteroatoms. The third-order valence-electron chi connectivity index (χ3n) is 2.59. The Bertz CT molecular complexity index is 350. The van der Waals surface area contributed by atoms with E-state index in [0.717, 1.165) is 18.5 Å². The fourth-order valence-electron chi connectivity index (χ4n) is 1.66. The highest BCUT2D eigenvalue weighted by Crippen LogP contribution is 2.05. The topological polar surface area (TPSA) is 55.1 Å². The number of hydrogen-bond donors (Lipinski definition) is 2. The Hall–Kier alpha value is -1.35. The minimum atomic E-state index is -0.372. The predicted octanol–water partition coefficient (Wildman–Crippen LogP) is 2.06. The van der Waals surface area contributed by atoms with Crippen LogP contribution in [-0.4, -0.2) is 11.9 Å². The molecule has 0 bridgehead atoms. The number of nitrogens with one attached hydrogen (secondary N) is 1. The summed E-state index contributed by atoms with van der Waals surface area (Å²) in [4.78, 5) is 11.0. The van der Waals surface area contributed by atoms with E-state index in [1.807, 2.05) is 18.2 Å². The third-order valence-corrected chi connectivity index (χ3v) is 2.59. The van der Waals surface area contributed by atoms with Gasteiger partial charge in [-0.2, -0.15) is 0 Å². The lowest BCUT2D eigenvalue weighted by molar-refractivity contribution is 0.1000. The van der Waals surface area contributed by atoms with Crippen molar-refractivity contribution in [2.45, 2.75) is 39.3 Å². The van der Waals surface area contributed by atoms with Crippen molar-refractivity contribution in [2.24, 2.45) is 5.73 Å². The molecule has 0 saturated carbocycles. The fraction of sp³-hybridized carbons (Fsp3) is 0.462. The van der Waals surface area contributed by atoms with Gasteiger partial charge in [0.05, 0.1) is 0 Å². The van der Waals surface area contributed by atoms with Crippen LogP contribution in [0.25, 0.3) is 0 Å². The van der Waals surface area contributed by atoms with Crippen LogP contribution in [0, 0.1) is 0 Å². The highest BCUT2D eigenvalue weighted by Gasteiger charge is 2.03. The van der Waals surface area contributed by atoms with Gasteiger partial charge in [-0.15, -0.1) is 0 Å². The summed E-state index contributed by atoms with van der Waals surface area (Å²) < 4.78 is 0. The van der Waals surface area contributed by atoms with Crippen LogP contribution in [0.2, 0.25) is 0 Å². The van der Waals surface area contributed by atoms with Crippen molar-refractivity contribution in [3.05, 3.63) is 35.4 Å². The van der Waals surface area contributed by atoms with Crippen LogP contribution in [0.1, 0.15) is 42.6 Å². The lowest BCUT2D eigenvalue weighted by Gasteiger charge is -2.12. The zero-order chi connectivity index (χ0) is 12.0. The predicted molar refractivity (Wildman–Crippen MR) is 66.2 cm³/mol. The molecule has 0 aliphatic heterocycles. The van der Waals surface area contributed by atoms with Gasteiger partial charge in [-0.25, -0.2) is 0 Å². The molecular formula is C13H20N2O. The molecule has 0 fully saturated rings. The van der Waals surface area contributed by atoms with Crippen LogP contribution >= 0.6 is 0 Å². The molecule has 0 radical (unpaired) electrons. The number of hydrogen-bond acceptors (Lipinski definition) is 2. The maximum absolute atomic E-state index is 11.0. The number of carbonyl (C=O) groups is 1. The standard InChI is InChI=1S/C13H20N2O/c1-3-5-10(2)15-9-11-6-4-7-12(8-11)13(14)16/h4,6-8,10,15H,3,5,9H2,1-2H3,(H2,14,16). The molecule has 0 aromatic heterocycles. The first-order valence-electron chi connectivity index (χ1n) is 5.75. The summed E-state index contributed by atoms with van der Waals surface area (Å²) in [5.74, 6) is -0.372. The molecule has 0 spiro atoms. The van der Waals surface area contributed by atoms with Crippen LogP contribution in [0.3, 0.4) is 0 Å². The zero-order valence-electron chi connectivity index (χ0n) is 9.99. The molecule has 1 aromatic carbocycles. The van der Waals surface area contributed by atoms with Crippen molar-refractivity contribution >= 4 is 5.91 Å². The van der Waals surface area contributed by atoms with Crippen LogP contribution in [0.15, 0.2) is 24.3 Å². The second-order valence-electron chi connectivity index (χ2n) is 4.14. The van der Waals surface area contributed by atoms with Gasteiger partial charge in [-0.05, 0) is 31.0 Å². The lowest BCUT2D eigenvalue weighted by Crippen LogP contribution is -2.25. The summed E-state index contributed by atoms with van der Waals surface area (Å²) in [6.07, 6.45) is 2.34. The molecular weight excluding hydrogens is 200 g/mol. The van der Waals surface area contributed by atoms with Gasteiger partial charge in [0.1, 0.15) is 0 Å². The number of rotatable bonds is 6. The van der Waals surface area contributed by atoms with Crippen molar-refractivity contribution in [2.75, 3.05) is 0 Å². The Kier molecular flexibility index (Phi) is 4.99. The van der Waals surface area contributed by atoms with Crippen molar-refractivity contribution in [3.63, 3.8) is 0 Å². The summed E-state index contributed by atoms with van der Waals surface area (Å²) in [7, 11) is 0. The molecule has 1 amide bonds. The maximum Gasteiger partial charge on any atom is 0.248 e. The van der Waals surface area contributed by atoms with E-state index in [1.165, 1.54) is 6.42 Å². The van der Waals surface area contributed by atoms with E-state index in [1.54, 1.807) is 6.07 Å². The highest BCUT2D eigenvalue weighted by molar-refractivity contribution is 5.92. The molecule has 1 atom stereocenters. The van der Waals surface area contributed by atoms with Crippen LogP contribution in [-0.2, 0) is 6.54 Å². The lowest BCUT2D eigenvalue weighted by atomic mass is 10.1. The summed E-state index contributed by atoms with van der Waals surface area (Å²) in [5.41, 5.74) is 6.90. The molecule has 1 unspecified atom stereocenters. The molecule has 16 heavy (non-hydrogen) atoms. The number of carbonyl (C=O) groups excluding carboxylic acids is 1. The van der Waals surface area contributed by atoms with E-state index < -0.39 is 0 Å². The van der Waals surface area contributed by atoms with E-state index in [9.17, 15) is 4.79 Å². The van der Waals surface area contributed by atoms with Gasteiger partial charge in [0.2, 0.25) is 5.91 Å². The molecule has 0 aliphatic carbocycles. The van der Waals surface area contributed by atoms with Crippen molar-refractivity contribution in [3.8, 4) is 0 Å². The van der Waals surface area contributed by atoms with Gasteiger partial charge < -0.3 is 11.1 Å². The third kappa shape index (κ3) is 4.03. The number of amides is 1. The van der Waals surface area contributed by atoms with E-state index in [-0.39, 0.29) is 5.91 Å². The summed E-state index contributed by atoms with van der Waals surface area (Å²) in [5, 5.41) is 3.41. The van der Waals surface area contributed by atoms with Gasteiger partial charge in [0.15, 0.2) is 0 Å². The molecule has 0 saturated heterocycles. The van der Waals surface area contributed by atoms with Gasteiger partial charge in [-0.3, -0.25) is 4.79 Å². The Morgan fingerprint density at radius 1 is 1.50 bits per heavy atom. The average molecular weight is 220 g/mol. The van der Waals surface area contributed by atoms with Crippen molar-refractivity contribution in [1.29, 1.82) is 0 Å². The highest BCUT2D eigenvalue weighted by atomic mass is 16.1. The Morgan fingerprint density at radius 2 is 2.25 bits per heavy atom. The summed E-state index contributed by atoms with van der Waals surface area (Å²) in [6.45, 7) is 5.12. The molecule has 0 aliphatic rings. The zero-order valence-corrected chi connectivity index (χ0v) is 9.99. The second-order valence-corrected chi connectivity index (χ2v) is 4.14. The maximum atomic E-state index is 11.0. The first-order chi connectivity index (χ1) is 7.63. The quantitative estimate of drug-likeness (QED) is 0.771. The fourth-order valence-corrected chi connectivity index (χ4v) is 1.66. The summed E-state index contributed by atoms with van der Waals surface area (Å²) in [6, 6.07) is 7.94. The Morgan fingerprint density at radius 3 is 2.88 bits per heavy atom. The number of benzene rings is 1. The molecule has 3 nitrogen and oxygen atoms in total. The van der Waals surface area contributed by atoms with E-state index in [0.29, 0.717) is 11.6 Å². The van der Waals surface area contributed by atoms with E-state index in [2.05, 4.69) is 19.2 Å². The molecule has 1 rings (SSSR count).